The van der Waals surface area contributed by atoms with E-state index in [0.29, 0.717) is 12.2 Å². The van der Waals surface area contributed by atoms with E-state index >= 15 is 0 Å². The van der Waals surface area contributed by atoms with E-state index < -0.39 is 0 Å². The zero-order chi connectivity index (χ0) is 13.3. The molecule has 5 heteroatoms. The Morgan fingerprint density at radius 3 is 2.41 bits per heavy atom. The van der Waals surface area contributed by atoms with Crippen LogP contribution in [0.5, 0.6) is 0 Å². The first-order valence-corrected chi connectivity index (χ1v) is 5.37. The molecule has 0 radical (unpaired) electrons. The topological polar surface area (TPSA) is 89.4 Å². The Labute approximate surface area is 101 Å². The molecule has 17 heavy (non-hydrogen) atoms. The van der Waals surface area contributed by atoms with Crippen molar-refractivity contribution in [3.63, 3.8) is 0 Å². The summed E-state index contributed by atoms with van der Waals surface area (Å²) < 4.78 is 0. The van der Waals surface area contributed by atoms with E-state index in [0.717, 1.165) is 6.42 Å². The fourth-order valence-electron chi connectivity index (χ4n) is 1.13. The zero-order valence-corrected chi connectivity index (χ0v) is 10.2. The maximum absolute atomic E-state index is 11.6. The minimum absolute atomic E-state index is 0.272. The monoisotopic (exact) mass is 237 g/mol. The molecular formula is C12H19N3O2. The van der Waals surface area contributed by atoms with Crippen LogP contribution in [-0.4, -0.2) is 23.3 Å². The standard InChI is InChI=1S/C12H19N3O2/c1-3-9-15(10(2)16)12(17)7-6-11(14)5-4-8-13/h4-8H,3,9,13-14H2,1-2H3/b7-6+,8-4-,11-5-. The first kappa shape index (κ1) is 15.0. The lowest BCUT2D eigenvalue weighted by molar-refractivity contribution is -0.140. The summed E-state index contributed by atoms with van der Waals surface area (Å²) in [7, 11) is 0. The minimum atomic E-state index is -0.368. The highest BCUT2D eigenvalue weighted by Crippen LogP contribution is 1.97. The minimum Gasteiger partial charge on any atom is -0.405 e. The SMILES string of the molecule is CCCN(C(C)=O)C(=O)/C=C/C(N)=C/C=C\N. The summed E-state index contributed by atoms with van der Waals surface area (Å²) in [5.74, 6) is -0.640. The molecule has 0 bridgehead atoms. The Morgan fingerprint density at radius 2 is 1.94 bits per heavy atom. The normalized spacial score (nSPS) is 12.2. The number of hydrogen-bond donors (Lipinski definition) is 2. The van der Waals surface area contributed by atoms with Gasteiger partial charge in [0.05, 0.1) is 0 Å². The van der Waals surface area contributed by atoms with Crippen LogP contribution in [0.2, 0.25) is 0 Å². The maximum atomic E-state index is 11.6. The Morgan fingerprint density at radius 1 is 1.29 bits per heavy atom. The van der Waals surface area contributed by atoms with E-state index in [1.807, 2.05) is 6.92 Å². The summed E-state index contributed by atoms with van der Waals surface area (Å²) in [6, 6.07) is 0. The lowest BCUT2D eigenvalue weighted by Gasteiger charge is -2.15. The quantitative estimate of drug-likeness (QED) is 0.542. The number of nitrogens with two attached hydrogens (primary N) is 2. The Bertz CT molecular complexity index is 357. The summed E-state index contributed by atoms with van der Waals surface area (Å²) >= 11 is 0. The second kappa shape index (κ2) is 8.15. The maximum Gasteiger partial charge on any atom is 0.253 e. The van der Waals surface area contributed by atoms with Crippen molar-refractivity contribution in [3.05, 3.63) is 36.2 Å². The first-order valence-electron chi connectivity index (χ1n) is 5.37. The molecular weight excluding hydrogens is 218 g/mol. The van der Waals surface area contributed by atoms with Crippen LogP contribution in [0.3, 0.4) is 0 Å². The zero-order valence-electron chi connectivity index (χ0n) is 10.2. The number of nitrogens with zero attached hydrogens (tertiary/aromatic N) is 1. The highest BCUT2D eigenvalue weighted by molar-refractivity contribution is 6.00. The molecule has 4 N–H and O–H groups in total. The van der Waals surface area contributed by atoms with Crippen LogP contribution in [0, 0.1) is 0 Å². The Kier molecular flexibility index (Phi) is 7.17. The van der Waals surface area contributed by atoms with Crippen molar-refractivity contribution in [2.45, 2.75) is 20.3 Å². The van der Waals surface area contributed by atoms with Gasteiger partial charge < -0.3 is 11.5 Å². The van der Waals surface area contributed by atoms with Gasteiger partial charge in [-0.05, 0) is 30.8 Å². The van der Waals surface area contributed by atoms with Crippen LogP contribution in [0.1, 0.15) is 20.3 Å². The largest absolute Gasteiger partial charge is 0.405 e. The van der Waals surface area contributed by atoms with Gasteiger partial charge >= 0.3 is 0 Å². The van der Waals surface area contributed by atoms with Gasteiger partial charge in [0.2, 0.25) is 5.91 Å². The third kappa shape index (κ3) is 6.19. The average Bonchev–Trinajstić information content (AvgIpc) is 2.29. The number of amides is 2. The van der Waals surface area contributed by atoms with Crippen molar-refractivity contribution in [1.82, 2.24) is 4.90 Å². The number of carbonyl (C=O) groups excluding carboxylic acids is 2. The summed E-state index contributed by atoms with van der Waals surface area (Å²) in [4.78, 5) is 24.0. The molecule has 0 aliphatic rings. The van der Waals surface area contributed by atoms with E-state index in [9.17, 15) is 9.59 Å². The fraction of sp³-hybridized carbons (Fsp3) is 0.333. The van der Waals surface area contributed by atoms with E-state index in [2.05, 4.69) is 0 Å². The second-order valence-electron chi connectivity index (χ2n) is 3.39. The van der Waals surface area contributed by atoms with Crippen LogP contribution >= 0.6 is 0 Å². The summed E-state index contributed by atoms with van der Waals surface area (Å²) in [5, 5.41) is 0. The highest BCUT2D eigenvalue weighted by atomic mass is 16.2. The van der Waals surface area contributed by atoms with Gasteiger partial charge in [0, 0.05) is 25.2 Å². The molecule has 2 amide bonds. The van der Waals surface area contributed by atoms with Crippen molar-refractivity contribution in [2.75, 3.05) is 6.54 Å². The summed E-state index contributed by atoms with van der Waals surface area (Å²) in [6.45, 7) is 3.66. The van der Waals surface area contributed by atoms with Crippen molar-refractivity contribution < 1.29 is 9.59 Å². The van der Waals surface area contributed by atoms with Crippen molar-refractivity contribution in [2.24, 2.45) is 11.5 Å². The van der Waals surface area contributed by atoms with E-state index in [1.165, 1.54) is 30.2 Å². The Hall–Kier alpha value is -2.04. The van der Waals surface area contributed by atoms with E-state index in [1.54, 1.807) is 12.2 Å². The third-order valence-electron chi connectivity index (χ3n) is 1.91. The van der Waals surface area contributed by atoms with Crippen molar-refractivity contribution >= 4 is 11.8 Å². The first-order chi connectivity index (χ1) is 8.02. The van der Waals surface area contributed by atoms with Crippen molar-refractivity contribution in [3.8, 4) is 0 Å². The lowest BCUT2D eigenvalue weighted by Crippen LogP contribution is -2.34. The van der Waals surface area contributed by atoms with Gasteiger partial charge in [0.1, 0.15) is 0 Å². The molecule has 5 nitrogen and oxygen atoms in total. The number of carbonyl (C=O) groups is 2. The number of allylic oxidation sites excluding steroid dienone is 3. The predicted octanol–water partition coefficient (Wildman–Crippen LogP) is 0.643. The third-order valence-corrected chi connectivity index (χ3v) is 1.91. The predicted molar refractivity (Wildman–Crippen MR) is 67.4 cm³/mol. The molecule has 0 spiro atoms. The molecule has 0 saturated heterocycles. The molecule has 0 aromatic carbocycles. The Balaban J connectivity index is 4.60. The molecule has 0 aromatic rings. The molecule has 0 atom stereocenters. The van der Waals surface area contributed by atoms with Crippen LogP contribution in [-0.2, 0) is 9.59 Å². The van der Waals surface area contributed by atoms with Crippen LogP contribution in [0.25, 0.3) is 0 Å². The van der Waals surface area contributed by atoms with Crippen LogP contribution < -0.4 is 11.5 Å². The smallest absolute Gasteiger partial charge is 0.253 e. The van der Waals surface area contributed by atoms with Crippen LogP contribution in [0.15, 0.2) is 36.2 Å². The summed E-state index contributed by atoms with van der Waals surface area (Å²) in [6.07, 6.45) is 7.88. The van der Waals surface area contributed by atoms with Crippen molar-refractivity contribution in [1.29, 1.82) is 0 Å². The van der Waals surface area contributed by atoms with Gasteiger partial charge in [0.15, 0.2) is 0 Å². The molecule has 0 fully saturated rings. The van der Waals surface area contributed by atoms with E-state index in [-0.39, 0.29) is 11.8 Å². The number of rotatable bonds is 5. The molecule has 94 valence electrons. The highest BCUT2D eigenvalue weighted by Gasteiger charge is 2.13. The molecule has 0 rings (SSSR count). The van der Waals surface area contributed by atoms with Gasteiger partial charge in [0.25, 0.3) is 5.91 Å². The molecule has 0 aromatic heterocycles. The van der Waals surface area contributed by atoms with Gasteiger partial charge in [-0.15, -0.1) is 0 Å². The second-order valence-corrected chi connectivity index (χ2v) is 3.39. The fourth-order valence-corrected chi connectivity index (χ4v) is 1.13. The molecule has 0 unspecified atom stereocenters. The van der Waals surface area contributed by atoms with Crippen LogP contribution in [0.4, 0.5) is 0 Å². The lowest BCUT2D eigenvalue weighted by atomic mass is 10.3. The summed E-state index contributed by atoms with van der Waals surface area (Å²) in [5.41, 5.74) is 11.1. The average molecular weight is 237 g/mol. The molecule has 0 saturated carbocycles. The molecule has 0 heterocycles. The molecule has 0 aliphatic heterocycles. The molecule has 0 aliphatic carbocycles. The van der Waals surface area contributed by atoms with Gasteiger partial charge in [-0.25, -0.2) is 0 Å². The van der Waals surface area contributed by atoms with E-state index in [4.69, 9.17) is 11.5 Å². The van der Waals surface area contributed by atoms with Gasteiger partial charge in [-0.1, -0.05) is 6.92 Å². The number of imide groups is 1. The van der Waals surface area contributed by atoms with Gasteiger partial charge in [-0.2, -0.15) is 0 Å². The van der Waals surface area contributed by atoms with Gasteiger partial charge in [-0.3, -0.25) is 14.5 Å². The number of hydrogen-bond acceptors (Lipinski definition) is 4.